The molecule has 0 nitrogen and oxygen atoms in total. The Bertz CT molecular complexity index is 190. The maximum absolute atomic E-state index is 3.76. The third-order valence-electron chi connectivity index (χ3n) is 3.67. The molecule has 0 bridgehead atoms. The molecule has 0 heteroatoms. The minimum absolute atomic E-state index is 1.20. The Morgan fingerprint density at radius 1 is 0.579 bits per heavy atom. The lowest BCUT2D eigenvalue weighted by Crippen LogP contribution is -1.80. The largest absolute Gasteiger partial charge is 0.103 e. The molecule has 0 aliphatic heterocycles. The normalized spacial score (nSPS) is 11.2. The molecule has 0 saturated heterocycles. The number of rotatable bonds is 15. The van der Waals surface area contributed by atoms with Crippen LogP contribution in [0.1, 0.15) is 96.8 Å². The molecule has 19 heavy (non-hydrogen) atoms. The number of unbranched alkanes of at least 4 members (excludes halogenated alkanes) is 12. The van der Waals surface area contributed by atoms with Crippen LogP contribution >= 0.6 is 0 Å². The minimum atomic E-state index is 1.20. The lowest BCUT2D eigenvalue weighted by molar-refractivity contribution is 0.583. The van der Waals surface area contributed by atoms with Crippen molar-refractivity contribution in [1.82, 2.24) is 0 Å². The van der Waals surface area contributed by atoms with Gasteiger partial charge < -0.3 is 0 Å². The molecule has 0 amide bonds. The highest BCUT2D eigenvalue weighted by Crippen LogP contribution is 2.10. The van der Waals surface area contributed by atoms with E-state index in [-0.39, 0.29) is 0 Å². The lowest BCUT2D eigenvalue weighted by Gasteiger charge is -2.00. The molecule has 112 valence electrons. The van der Waals surface area contributed by atoms with Crippen molar-refractivity contribution >= 4 is 0 Å². The Morgan fingerprint density at radius 3 is 1.47 bits per heavy atom. The first-order chi connectivity index (χ1) is 9.41. The zero-order valence-electron chi connectivity index (χ0n) is 13.3. The molecule has 0 aromatic rings. The molecular formula is C19H36. The van der Waals surface area contributed by atoms with E-state index < -0.39 is 0 Å². The Morgan fingerprint density at radius 2 is 1.00 bits per heavy atom. The van der Waals surface area contributed by atoms with E-state index in [2.05, 4.69) is 25.7 Å². The van der Waals surface area contributed by atoms with Crippen LogP contribution in [0, 0.1) is 0 Å². The van der Waals surface area contributed by atoms with Crippen molar-refractivity contribution in [2.24, 2.45) is 0 Å². The summed E-state index contributed by atoms with van der Waals surface area (Å²) in [6, 6.07) is 0. The van der Waals surface area contributed by atoms with Gasteiger partial charge in [-0.05, 0) is 38.5 Å². The van der Waals surface area contributed by atoms with Gasteiger partial charge in [-0.3, -0.25) is 0 Å². The van der Waals surface area contributed by atoms with Gasteiger partial charge in [0.2, 0.25) is 0 Å². The molecule has 0 saturated carbocycles. The molecule has 0 radical (unpaired) electrons. The van der Waals surface area contributed by atoms with Gasteiger partial charge in [0.1, 0.15) is 0 Å². The molecule has 0 fully saturated rings. The molecule has 0 rings (SSSR count). The van der Waals surface area contributed by atoms with Crippen molar-refractivity contribution in [3.8, 4) is 0 Å². The summed E-state index contributed by atoms with van der Waals surface area (Å²) in [6.45, 7) is 6.03. The van der Waals surface area contributed by atoms with E-state index in [9.17, 15) is 0 Å². The first kappa shape index (κ1) is 18.5. The summed E-state index contributed by atoms with van der Waals surface area (Å²) in [4.78, 5) is 0. The van der Waals surface area contributed by atoms with Crippen molar-refractivity contribution in [2.45, 2.75) is 96.8 Å². The van der Waals surface area contributed by atoms with Gasteiger partial charge in [-0.15, -0.1) is 6.58 Å². The average Bonchev–Trinajstić information content (AvgIpc) is 2.43. The fourth-order valence-corrected chi connectivity index (χ4v) is 2.36. The molecule has 0 unspecified atom stereocenters. The van der Waals surface area contributed by atoms with Crippen molar-refractivity contribution in [3.63, 3.8) is 0 Å². The fraction of sp³-hybridized carbons (Fsp3) is 0.789. The number of hydrogen-bond acceptors (Lipinski definition) is 0. The average molecular weight is 264 g/mol. The summed E-state index contributed by atoms with van der Waals surface area (Å²) in [6.07, 6.45) is 26.0. The van der Waals surface area contributed by atoms with Crippen LogP contribution in [0.4, 0.5) is 0 Å². The second-order valence-electron chi connectivity index (χ2n) is 5.66. The van der Waals surface area contributed by atoms with Gasteiger partial charge in [0.15, 0.2) is 0 Å². The highest BCUT2D eigenvalue weighted by molar-refractivity contribution is 4.81. The summed E-state index contributed by atoms with van der Waals surface area (Å²) in [5.41, 5.74) is 0. The van der Waals surface area contributed by atoms with Crippen LogP contribution in [0.2, 0.25) is 0 Å². The van der Waals surface area contributed by atoms with E-state index in [1.807, 2.05) is 6.08 Å². The van der Waals surface area contributed by atoms with E-state index in [4.69, 9.17) is 0 Å². The number of hydrogen-bond donors (Lipinski definition) is 0. The summed E-state index contributed by atoms with van der Waals surface area (Å²) in [5, 5.41) is 0. The van der Waals surface area contributed by atoms with Gasteiger partial charge in [-0.1, -0.05) is 76.5 Å². The summed E-state index contributed by atoms with van der Waals surface area (Å²) >= 11 is 0. The van der Waals surface area contributed by atoms with Crippen LogP contribution in [0.15, 0.2) is 24.8 Å². The third-order valence-corrected chi connectivity index (χ3v) is 3.67. The van der Waals surface area contributed by atoms with Crippen LogP contribution in [-0.2, 0) is 0 Å². The van der Waals surface area contributed by atoms with Crippen molar-refractivity contribution in [3.05, 3.63) is 24.8 Å². The zero-order chi connectivity index (χ0) is 14.0. The van der Waals surface area contributed by atoms with Gasteiger partial charge in [0, 0.05) is 0 Å². The summed E-state index contributed by atoms with van der Waals surface area (Å²) in [7, 11) is 0. The Labute approximate surface area is 122 Å². The van der Waals surface area contributed by atoms with Crippen molar-refractivity contribution < 1.29 is 0 Å². The molecule has 0 spiro atoms. The summed E-state index contributed by atoms with van der Waals surface area (Å²) < 4.78 is 0. The molecule has 0 aromatic carbocycles. The first-order valence-corrected chi connectivity index (χ1v) is 8.67. The Hall–Kier alpha value is -0.520. The van der Waals surface area contributed by atoms with Gasteiger partial charge >= 0.3 is 0 Å². The minimum Gasteiger partial charge on any atom is -0.103 e. The van der Waals surface area contributed by atoms with Crippen molar-refractivity contribution in [1.29, 1.82) is 0 Å². The van der Waals surface area contributed by atoms with E-state index in [1.165, 1.54) is 89.9 Å². The maximum atomic E-state index is 3.76. The fourth-order valence-electron chi connectivity index (χ4n) is 2.36. The van der Waals surface area contributed by atoms with Crippen LogP contribution in [0.3, 0.4) is 0 Å². The highest BCUT2D eigenvalue weighted by atomic mass is 14.0. The smallest absolute Gasteiger partial charge is 0.0351 e. The Kier molecular flexibility index (Phi) is 17.0. The SMILES string of the molecule is C=CCCCCCCCCCC=CCCCCCC. The van der Waals surface area contributed by atoms with E-state index in [1.54, 1.807) is 0 Å². The highest BCUT2D eigenvalue weighted by Gasteiger charge is 1.90. The third kappa shape index (κ3) is 17.5. The van der Waals surface area contributed by atoms with E-state index >= 15 is 0 Å². The molecule has 0 aliphatic carbocycles. The van der Waals surface area contributed by atoms with Crippen LogP contribution in [0.25, 0.3) is 0 Å². The van der Waals surface area contributed by atoms with Crippen molar-refractivity contribution in [2.75, 3.05) is 0 Å². The lowest BCUT2D eigenvalue weighted by atomic mass is 10.1. The van der Waals surface area contributed by atoms with E-state index in [0.717, 1.165) is 0 Å². The molecule has 0 atom stereocenters. The molecule has 0 N–H and O–H groups in total. The molecule has 0 aromatic heterocycles. The van der Waals surface area contributed by atoms with Gasteiger partial charge in [-0.25, -0.2) is 0 Å². The van der Waals surface area contributed by atoms with E-state index in [0.29, 0.717) is 0 Å². The zero-order valence-corrected chi connectivity index (χ0v) is 13.3. The van der Waals surface area contributed by atoms with Gasteiger partial charge in [-0.2, -0.15) is 0 Å². The predicted molar refractivity (Wildman–Crippen MR) is 89.6 cm³/mol. The van der Waals surface area contributed by atoms with Crippen LogP contribution in [-0.4, -0.2) is 0 Å². The maximum Gasteiger partial charge on any atom is -0.0351 e. The first-order valence-electron chi connectivity index (χ1n) is 8.67. The summed E-state index contributed by atoms with van der Waals surface area (Å²) in [5.74, 6) is 0. The van der Waals surface area contributed by atoms with Crippen LogP contribution in [0.5, 0.6) is 0 Å². The van der Waals surface area contributed by atoms with Gasteiger partial charge in [0.25, 0.3) is 0 Å². The monoisotopic (exact) mass is 264 g/mol. The predicted octanol–water partition coefficient (Wildman–Crippen LogP) is 7.21. The molecule has 0 aliphatic rings. The van der Waals surface area contributed by atoms with Crippen LogP contribution < -0.4 is 0 Å². The molecular weight excluding hydrogens is 228 g/mol. The topological polar surface area (TPSA) is 0 Å². The van der Waals surface area contributed by atoms with Gasteiger partial charge in [0.05, 0.1) is 0 Å². The quantitative estimate of drug-likeness (QED) is 0.216. The molecule has 0 heterocycles. The number of allylic oxidation sites excluding steroid dienone is 3. The standard InChI is InChI=1S/C19H36/c1-3-5-7-9-11-13-15-17-19-18-16-14-12-10-8-6-4-2/h3,14,16H,1,4-13,15,17-19H2,2H3. The second kappa shape index (κ2) is 17.5. The Balaban J connectivity index is 3.01. The second-order valence-corrected chi connectivity index (χ2v) is 5.66.